The van der Waals surface area contributed by atoms with Crippen LogP contribution in [0.4, 0.5) is 22.0 Å². The highest BCUT2D eigenvalue weighted by molar-refractivity contribution is 5.27. The lowest BCUT2D eigenvalue weighted by atomic mass is 9.67. The number of allylic oxidation sites excluding steroid dienone is 2. The number of hydrogen-bond donors (Lipinski definition) is 0. The van der Waals surface area contributed by atoms with E-state index in [1.807, 2.05) is 6.08 Å². The quantitative estimate of drug-likeness (QED) is 0.353. The van der Waals surface area contributed by atoms with Crippen LogP contribution in [0.2, 0.25) is 0 Å². The van der Waals surface area contributed by atoms with Gasteiger partial charge in [0.25, 0.3) is 0 Å². The molecule has 0 spiro atoms. The van der Waals surface area contributed by atoms with Crippen LogP contribution in [0, 0.1) is 23.7 Å². The van der Waals surface area contributed by atoms with Crippen LogP contribution >= 0.6 is 0 Å². The maximum Gasteiger partial charge on any atom is 0.422 e. The topological polar surface area (TPSA) is 9.23 Å². The van der Waals surface area contributed by atoms with Crippen LogP contribution in [-0.4, -0.2) is 24.8 Å². The van der Waals surface area contributed by atoms with Gasteiger partial charge in [-0.25, -0.2) is 4.39 Å². The largest absolute Gasteiger partial charge is 0.422 e. The van der Waals surface area contributed by atoms with Gasteiger partial charge in [-0.3, -0.25) is 0 Å². The third-order valence-electron chi connectivity index (χ3n) is 7.48. The van der Waals surface area contributed by atoms with E-state index in [0.29, 0.717) is 5.92 Å². The molecule has 0 aromatic carbocycles. The van der Waals surface area contributed by atoms with Gasteiger partial charge in [0, 0.05) is 0 Å². The highest BCUT2D eigenvalue weighted by Crippen LogP contribution is 2.44. The van der Waals surface area contributed by atoms with Crippen LogP contribution in [0.5, 0.6) is 0 Å². The molecule has 172 valence electrons. The molecule has 30 heavy (non-hydrogen) atoms. The van der Waals surface area contributed by atoms with Crippen LogP contribution < -0.4 is 0 Å². The third-order valence-corrected chi connectivity index (χ3v) is 7.48. The molecule has 1 atom stereocenters. The van der Waals surface area contributed by atoms with Crippen molar-refractivity contribution in [3.8, 4) is 0 Å². The minimum atomic E-state index is -4.81. The van der Waals surface area contributed by atoms with Gasteiger partial charge in [-0.05, 0) is 74.2 Å². The summed E-state index contributed by atoms with van der Waals surface area (Å²) in [7, 11) is 0. The molecular formula is C24H35F5O. The van der Waals surface area contributed by atoms with Gasteiger partial charge < -0.3 is 4.74 Å². The molecule has 1 unspecified atom stereocenters. The maximum atomic E-state index is 13.5. The summed E-state index contributed by atoms with van der Waals surface area (Å²) in [5.74, 6) is -1.82. The van der Waals surface area contributed by atoms with Crippen molar-refractivity contribution < 1.29 is 26.7 Å². The average molecular weight is 435 g/mol. The van der Waals surface area contributed by atoms with E-state index >= 15 is 0 Å². The van der Waals surface area contributed by atoms with Crippen LogP contribution in [-0.2, 0) is 4.74 Å². The fourth-order valence-electron chi connectivity index (χ4n) is 5.64. The van der Waals surface area contributed by atoms with Crippen molar-refractivity contribution in [2.24, 2.45) is 23.7 Å². The Morgan fingerprint density at radius 1 is 0.933 bits per heavy atom. The molecule has 1 nitrogen and oxygen atoms in total. The molecule has 2 saturated carbocycles. The smallest absolute Gasteiger partial charge is 0.308 e. The minimum absolute atomic E-state index is 0.116. The van der Waals surface area contributed by atoms with Crippen LogP contribution in [0.3, 0.4) is 0 Å². The first-order valence-corrected chi connectivity index (χ1v) is 11.6. The fraction of sp³-hybridized carbons (Fsp3) is 0.833. The molecule has 3 aliphatic carbocycles. The Morgan fingerprint density at radius 2 is 1.53 bits per heavy atom. The van der Waals surface area contributed by atoms with Gasteiger partial charge in [-0.15, -0.1) is 0 Å². The Balaban J connectivity index is 1.43. The summed E-state index contributed by atoms with van der Waals surface area (Å²) in [6, 6.07) is 0. The predicted octanol–water partition coefficient (Wildman–Crippen LogP) is 7.87. The number of hydrogen-bond acceptors (Lipinski definition) is 1. The molecule has 2 fully saturated rings. The fourth-order valence-corrected chi connectivity index (χ4v) is 5.64. The Kier molecular flexibility index (Phi) is 8.03. The summed E-state index contributed by atoms with van der Waals surface area (Å²) in [5.41, 5.74) is 1.10. The highest BCUT2D eigenvalue weighted by Gasteiger charge is 2.59. The Bertz CT molecular complexity index is 599. The van der Waals surface area contributed by atoms with Gasteiger partial charge in [-0.1, -0.05) is 50.8 Å². The summed E-state index contributed by atoms with van der Waals surface area (Å²) in [4.78, 5) is 0. The van der Waals surface area contributed by atoms with Crippen molar-refractivity contribution in [1.29, 1.82) is 0 Å². The zero-order valence-corrected chi connectivity index (χ0v) is 17.9. The molecule has 0 heterocycles. The van der Waals surface area contributed by atoms with E-state index in [1.165, 1.54) is 57.4 Å². The molecule has 3 aliphatic rings. The normalized spacial score (nSPS) is 33.4. The van der Waals surface area contributed by atoms with E-state index in [1.54, 1.807) is 6.08 Å². The number of alkyl halides is 5. The third kappa shape index (κ3) is 5.66. The molecule has 0 saturated heterocycles. The lowest BCUT2D eigenvalue weighted by molar-refractivity contribution is -0.358. The van der Waals surface area contributed by atoms with E-state index in [0.717, 1.165) is 36.2 Å². The van der Waals surface area contributed by atoms with Crippen LogP contribution in [0.15, 0.2) is 23.8 Å². The number of rotatable bonds is 8. The summed E-state index contributed by atoms with van der Waals surface area (Å²) >= 11 is 0. The summed E-state index contributed by atoms with van der Waals surface area (Å²) in [6.45, 7) is -0.179. The van der Waals surface area contributed by atoms with Crippen molar-refractivity contribution in [1.82, 2.24) is 0 Å². The van der Waals surface area contributed by atoms with Crippen molar-refractivity contribution in [2.45, 2.75) is 95.7 Å². The Hall–Kier alpha value is -0.910. The average Bonchev–Trinajstić information content (AvgIpc) is 2.75. The molecule has 0 amide bonds. The zero-order chi connectivity index (χ0) is 21.8. The first-order chi connectivity index (χ1) is 14.3. The molecule has 3 rings (SSSR count). The second-order valence-electron chi connectivity index (χ2n) is 9.49. The van der Waals surface area contributed by atoms with Gasteiger partial charge in [0.15, 0.2) is 6.67 Å². The van der Waals surface area contributed by atoms with Crippen molar-refractivity contribution in [2.75, 3.05) is 6.67 Å². The maximum absolute atomic E-state index is 13.5. The second kappa shape index (κ2) is 10.1. The van der Waals surface area contributed by atoms with Crippen molar-refractivity contribution in [3.63, 3.8) is 0 Å². The lowest BCUT2D eigenvalue weighted by Crippen LogP contribution is -2.46. The SMILES string of the molecule is CCC[C@H]1CC[C@H](C2CCC(C3=CCC(OC(F)(F)C(F)(F)CF)C=C3)CC2)CC1. The molecule has 0 aliphatic heterocycles. The van der Waals surface area contributed by atoms with Crippen LogP contribution in [0.25, 0.3) is 0 Å². The number of halogens is 5. The first-order valence-electron chi connectivity index (χ1n) is 11.6. The molecule has 0 bridgehead atoms. The molecule has 0 aromatic rings. The summed E-state index contributed by atoms with van der Waals surface area (Å²) < 4.78 is 69.4. The molecular weight excluding hydrogens is 399 g/mol. The van der Waals surface area contributed by atoms with E-state index < -0.39 is 24.8 Å². The van der Waals surface area contributed by atoms with Gasteiger partial charge in [-0.2, -0.15) is 17.6 Å². The van der Waals surface area contributed by atoms with Gasteiger partial charge >= 0.3 is 12.0 Å². The Morgan fingerprint density at radius 3 is 2.03 bits per heavy atom. The highest BCUT2D eigenvalue weighted by atomic mass is 19.3. The van der Waals surface area contributed by atoms with Crippen molar-refractivity contribution >= 4 is 0 Å². The second-order valence-corrected chi connectivity index (χ2v) is 9.49. The summed E-state index contributed by atoms with van der Waals surface area (Å²) in [5, 5.41) is 0. The number of ether oxygens (including phenoxy) is 1. The molecule has 0 aromatic heterocycles. The van der Waals surface area contributed by atoms with E-state index in [4.69, 9.17) is 0 Å². The summed E-state index contributed by atoms with van der Waals surface area (Å²) in [6.07, 6.45) is 11.9. The van der Waals surface area contributed by atoms with Gasteiger partial charge in [0.05, 0.1) is 6.10 Å². The van der Waals surface area contributed by atoms with Crippen LogP contribution in [0.1, 0.15) is 77.6 Å². The molecule has 6 heteroatoms. The monoisotopic (exact) mass is 434 g/mol. The van der Waals surface area contributed by atoms with E-state index in [-0.39, 0.29) is 6.42 Å². The van der Waals surface area contributed by atoms with Crippen molar-refractivity contribution in [3.05, 3.63) is 23.8 Å². The van der Waals surface area contributed by atoms with Gasteiger partial charge in [0.1, 0.15) is 0 Å². The Labute approximate surface area is 177 Å². The molecule has 0 N–H and O–H groups in total. The van der Waals surface area contributed by atoms with E-state index in [2.05, 4.69) is 11.7 Å². The standard InChI is InChI=1S/C24H35F5O/c1-2-3-17-4-6-18(7-5-17)19-8-10-20(11-9-19)21-12-14-22(15-13-21)30-24(28,29)23(26,27)16-25/h12-14,17-20,22H,2-11,15-16H2,1H3/t17-,18-,19?,20?,22?. The first kappa shape index (κ1) is 23.7. The molecule has 0 radical (unpaired) electrons. The minimum Gasteiger partial charge on any atom is -0.308 e. The van der Waals surface area contributed by atoms with E-state index in [9.17, 15) is 22.0 Å². The zero-order valence-electron chi connectivity index (χ0n) is 17.9. The lowest BCUT2D eigenvalue weighted by Gasteiger charge is -2.38. The predicted molar refractivity (Wildman–Crippen MR) is 108 cm³/mol. The van der Waals surface area contributed by atoms with Gasteiger partial charge in [0.2, 0.25) is 0 Å².